The van der Waals surface area contributed by atoms with Crippen LogP contribution in [-0.2, 0) is 22.7 Å². The summed E-state index contributed by atoms with van der Waals surface area (Å²) in [5.74, 6) is -0.688. The Hall–Kier alpha value is -5.11. The molecule has 194 valence electrons. The molecule has 1 aliphatic rings. The number of nitrogens with zero attached hydrogens (tertiary/aromatic N) is 3. The summed E-state index contributed by atoms with van der Waals surface area (Å²) in [6.45, 7) is 2.17. The van der Waals surface area contributed by atoms with Crippen molar-refractivity contribution in [3.05, 3.63) is 131 Å². The van der Waals surface area contributed by atoms with E-state index in [1.807, 2.05) is 66.7 Å². The zero-order valence-electron chi connectivity index (χ0n) is 21.2. The molecule has 1 N–H and O–H groups in total. The highest BCUT2D eigenvalue weighted by Crippen LogP contribution is 2.41. The second-order valence-electron chi connectivity index (χ2n) is 9.33. The minimum Gasteiger partial charge on any atom is -0.505 e. The Balaban J connectivity index is 1.46. The number of amides is 1. The number of furan rings is 1. The number of hydrogen-bond donors (Lipinski definition) is 1. The van der Waals surface area contributed by atoms with E-state index in [9.17, 15) is 14.7 Å². The van der Waals surface area contributed by atoms with E-state index in [-0.39, 0.29) is 17.9 Å². The summed E-state index contributed by atoms with van der Waals surface area (Å²) in [7, 11) is 0. The van der Waals surface area contributed by atoms with E-state index in [1.165, 1.54) is 11.2 Å². The highest BCUT2D eigenvalue weighted by Gasteiger charge is 2.47. The molecule has 4 heterocycles. The molecule has 0 aliphatic carbocycles. The molecule has 1 amide bonds. The van der Waals surface area contributed by atoms with Gasteiger partial charge in [-0.15, -0.1) is 0 Å². The summed E-state index contributed by atoms with van der Waals surface area (Å²) in [6.07, 6.45) is 3.27. The monoisotopic (exact) mass is 519 g/mol. The SMILES string of the molecule is Cc1nc2ccccn2c1/C(O)=C1\C(=O)C(=O)N(Cc2ccco2)C1c1cccc(OCc2ccccc2)c1. The number of aromatic nitrogens is 2. The molecule has 8 nitrogen and oxygen atoms in total. The van der Waals surface area contributed by atoms with Crippen LogP contribution in [0.25, 0.3) is 11.4 Å². The van der Waals surface area contributed by atoms with E-state index in [4.69, 9.17) is 9.15 Å². The first kappa shape index (κ1) is 24.2. The third kappa shape index (κ3) is 4.46. The van der Waals surface area contributed by atoms with Gasteiger partial charge in [-0.1, -0.05) is 48.5 Å². The summed E-state index contributed by atoms with van der Waals surface area (Å²) in [6, 6.07) is 25.1. The molecule has 1 fully saturated rings. The van der Waals surface area contributed by atoms with Crippen molar-refractivity contribution in [2.45, 2.75) is 26.1 Å². The fourth-order valence-corrected chi connectivity index (χ4v) is 5.00. The minimum atomic E-state index is -0.871. The van der Waals surface area contributed by atoms with E-state index in [0.29, 0.717) is 40.7 Å². The number of ketones is 1. The maximum atomic E-state index is 13.5. The minimum absolute atomic E-state index is 0.0134. The van der Waals surface area contributed by atoms with Crippen LogP contribution in [0.3, 0.4) is 0 Å². The summed E-state index contributed by atoms with van der Waals surface area (Å²) in [5.41, 5.74) is 3.14. The third-order valence-corrected chi connectivity index (χ3v) is 6.80. The molecule has 2 aromatic carbocycles. The lowest BCUT2D eigenvalue weighted by Gasteiger charge is -2.25. The van der Waals surface area contributed by atoms with Crippen LogP contribution < -0.4 is 4.74 Å². The summed E-state index contributed by atoms with van der Waals surface area (Å²) in [4.78, 5) is 32.8. The molecule has 6 rings (SSSR count). The lowest BCUT2D eigenvalue weighted by Crippen LogP contribution is -2.29. The van der Waals surface area contributed by atoms with Crippen LogP contribution in [0.2, 0.25) is 0 Å². The molecule has 5 aromatic rings. The standard InChI is InChI=1S/C31H25N3O5/c1-20-27(33-15-6-5-14-25(33)32-20)29(35)26-28(34(31(37)30(26)36)18-24-13-8-16-38-24)22-11-7-12-23(17-22)39-19-21-9-3-2-4-10-21/h2-17,28,35H,18-19H2,1H3/b29-26+. The molecule has 1 saturated heterocycles. The van der Waals surface area contributed by atoms with Crippen molar-refractivity contribution in [2.24, 2.45) is 0 Å². The van der Waals surface area contributed by atoms with Gasteiger partial charge in [-0.25, -0.2) is 4.98 Å². The first-order valence-corrected chi connectivity index (χ1v) is 12.5. The van der Waals surface area contributed by atoms with Gasteiger partial charge in [-0.3, -0.25) is 14.0 Å². The molecule has 3 aromatic heterocycles. The highest BCUT2D eigenvalue weighted by atomic mass is 16.5. The molecule has 1 aliphatic heterocycles. The number of likely N-dealkylation sites (tertiary alicyclic amines) is 1. The molecular formula is C31H25N3O5. The third-order valence-electron chi connectivity index (χ3n) is 6.80. The second kappa shape index (κ2) is 9.98. The molecule has 0 bridgehead atoms. The van der Waals surface area contributed by atoms with Gasteiger partial charge in [0.2, 0.25) is 0 Å². The lowest BCUT2D eigenvalue weighted by atomic mass is 9.96. The number of benzene rings is 2. The summed E-state index contributed by atoms with van der Waals surface area (Å²) >= 11 is 0. The molecule has 8 heteroatoms. The van der Waals surface area contributed by atoms with Crippen LogP contribution in [0.4, 0.5) is 0 Å². The lowest BCUT2D eigenvalue weighted by molar-refractivity contribution is -0.140. The van der Waals surface area contributed by atoms with Crippen LogP contribution in [0.5, 0.6) is 5.75 Å². The largest absolute Gasteiger partial charge is 0.505 e. The van der Waals surface area contributed by atoms with Gasteiger partial charge in [0.1, 0.15) is 29.5 Å². The van der Waals surface area contributed by atoms with Crippen LogP contribution >= 0.6 is 0 Å². The maximum absolute atomic E-state index is 13.5. The molecule has 1 atom stereocenters. The fourth-order valence-electron chi connectivity index (χ4n) is 5.00. The first-order chi connectivity index (χ1) is 19.0. The normalized spacial score (nSPS) is 16.7. The van der Waals surface area contributed by atoms with Crippen LogP contribution in [-0.4, -0.2) is 31.1 Å². The number of carbonyl (C=O) groups is 2. The Labute approximate surface area is 224 Å². The van der Waals surface area contributed by atoms with E-state index in [0.717, 1.165) is 5.56 Å². The van der Waals surface area contributed by atoms with Crippen LogP contribution in [0.15, 0.2) is 107 Å². The number of aryl methyl sites for hydroxylation is 1. The van der Waals surface area contributed by atoms with Crippen LogP contribution in [0.1, 0.15) is 34.3 Å². The molecule has 0 radical (unpaired) electrons. The van der Waals surface area contributed by atoms with Gasteiger partial charge in [0.05, 0.1) is 30.1 Å². The van der Waals surface area contributed by atoms with Gasteiger partial charge in [-0.05, 0) is 54.4 Å². The van der Waals surface area contributed by atoms with E-state index in [2.05, 4.69) is 4.98 Å². The van der Waals surface area contributed by atoms with Crippen molar-refractivity contribution in [1.29, 1.82) is 0 Å². The van der Waals surface area contributed by atoms with Crippen molar-refractivity contribution in [2.75, 3.05) is 0 Å². The average Bonchev–Trinajstić information content (AvgIpc) is 3.65. The second-order valence-corrected chi connectivity index (χ2v) is 9.33. The number of imidazole rings is 1. The van der Waals surface area contributed by atoms with Gasteiger partial charge in [0.15, 0.2) is 5.76 Å². The van der Waals surface area contributed by atoms with Crippen molar-refractivity contribution in [3.63, 3.8) is 0 Å². The topological polar surface area (TPSA) is 97.3 Å². The zero-order chi connectivity index (χ0) is 26.9. The van der Waals surface area contributed by atoms with Crippen molar-refractivity contribution in [3.8, 4) is 5.75 Å². The number of aliphatic hydroxyl groups is 1. The van der Waals surface area contributed by atoms with E-state index >= 15 is 0 Å². The number of rotatable bonds is 7. The van der Waals surface area contributed by atoms with Gasteiger partial charge in [0, 0.05) is 6.20 Å². The number of fused-ring (bicyclic) bond motifs is 1. The van der Waals surface area contributed by atoms with Gasteiger partial charge in [0.25, 0.3) is 11.7 Å². The Morgan fingerprint density at radius 1 is 1.00 bits per heavy atom. The summed E-state index contributed by atoms with van der Waals surface area (Å²) < 4.78 is 13.2. The Morgan fingerprint density at radius 2 is 1.82 bits per heavy atom. The molecule has 39 heavy (non-hydrogen) atoms. The first-order valence-electron chi connectivity index (χ1n) is 12.5. The molecular weight excluding hydrogens is 494 g/mol. The van der Waals surface area contributed by atoms with Crippen molar-refractivity contribution in [1.82, 2.24) is 14.3 Å². The molecule has 1 unspecified atom stereocenters. The van der Waals surface area contributed by atoms with Gasteiger partial charge in [-0.2, -0.15) is 0 Å². The number of carbonyl (C=O) groups excluding carboxylic acids is 2. The number of Topliss-reactive ketones (excluding diaryl/α,β-unsaturated/α-hetero) is 1. The van der Waals surface area contributed by atoms with E-state index < -0.39 is 17.7 Å². The Kier molecular flexibility index (Phi) is 6.20. The highest BCUT2D eigenvalue weighted by molar-refractivity contribution is 6.46. The smallest absolute Gasteiger partial charge is 0.296 e. The fraction of sp³-hybridized carbons (Fsp3) is 0.129. The molecule has 0 saturated carbocycles. The van der Waals surface area contributed by atoms with Crippen molar-refractivity contribution < 1.29 is 23.8 Å². The number of ether oxygens (including phenoxy) is 1. The van der Waals surface area contributed by atoms with Crippen LogP contribution in [0, 0.1) is 6.92 Å². The van der Waals surface area contributed by atoms with Crippen molar-refractivity contribution >= 4 is 23.1 Å². The van der Waals surface area contributed by atoms with Gasteiger partial charge >= 0.3 is 0 Å². The zero-order valence-corrected chi connectivity index (χ0v) is 21.2. The van der Waals surface area contributed by atoms with E-state index in [1.54, 1.807) is 35.7 Å². The summed E-state index contributed by atoms with van der Waals surface area (Å²) in [5, 5.41) is 11.6. The number of hydrogen-bond acceptors (Lipinski definition) is 6. The Bertz CT molecular complexity index is 1700. The predicted octanol–water partition coefficient (Wildman–Crippen LogP) is 5.44. The Morgan fingerprint density at radius 3 is 2.62 bits per heavy atom. The molecule has 0 spiro atoms. The number of aliphatic hydroxyl groups excluding tert-OH is 1. The predicted molar refractivity (Wildman–Crippen MR) is 144 cm³/mol. The van der Waals surface area contributed by atoms with Gasteiger partial charge < -0.3 is 19.2 Å². The quantitative estimate of drug-likeness (QED) is 0.175. The average molecular weight is 520 g/mol. The maximum Gasteiger partial charge on any atom is 0.296 e. The number of pyridine rings is 1.